The number of likely N-dealkylation sites (tertiary alicyclic amines) is 1. The van der Waals surface area contributed by atoms with Crippen LogP contribution in [0.1, 0.15) is 31.0 Å². The van der Waals surface area contributed by atoms with E-state index in [2.05, 4.69) is 4.98 Å². The van der Waals surface area contributed by atoms with Crippen molar-refractivity contribution in [1.29, 1.82) is 0 Å². The van der Waals surface area contributed by atoms with Gasteiger partial charge in [0.25, 0.3) is 0 Å². The Morgan fingerprint density at radius 2 is 1.75 bits per heavy atom. The van der Waals surface area contributed by atoms with Crippen LogP contribution in [0.25, 0.3) is 11.0 Å². The van der Waals surface area contributed by atoms with Gasteiger partial charge in [-0.25, -0.2) is 4.98 Å². The Morgan fingerprint density at radius 3 is 2.32 bits per heavy atom. The molecule has 2 aliphatic rings. The van der Waals surface area contributed by atoms with Crippen LogP contribution >= 0.6 is 0 Å². The summed E-state index contributed by atoms with van der Waals surface area (Å²) >= 11 is 0. The Hall–Kier alpha value is -2.26. The summed E-state index contributed by atoms with van der Waals surface area (Å²) in [5, 5.41) is 0. The molecule has 0 spiro atoms. The maximum atomic E-state index is 13.2. The van der Waals surface area contributed by atoms with E-state index in [1.165, 1.54) is 0 Å². The lowest BCUT2D eigenvalue weighted by molar-refractivity contribution is -0.334. The van der Waals surface area contributed by atoms with Crippen molar-refractivity contribution in [2.45, 2.75) is 44.1 Å². The molecule has 0 bridgehead atoms. The number of aromatic nitrogens is 2. The summed E-state index contributed by atoms with van der Waals surface area (Å²) in [5.41, 5.74) is -2.57. The van der Waals surface area contributed by atoms with E-state index in [1.54, 1.807) is 28.8 Å². The van der Waals surface area contributed by atoms with Gasteiger partial charge in [0.15, 0.2) is 5.41 Å². The fraction of sp³-hybridized carbons (Fsp3) is 0.556. The molecule has 1 saturated heterocycles. The van der Waals surface area contributed by atoms with Crippen molar-refractivity contribution in [3.8, 4) is 0 Å². The quantitative estimate of drug-likeness (QED) is 0.716. The van der Waals surface area contributed by atoms with E-state index in [0.29, 0.717) is 21.8 Å². The molecular formula is C18H17F6N3O. The summed E-state index contributed by atoms with van der Waals surface area (Å²) < 4.78 is 81.1. The number of nitrogens with zero attached hydrogens (tertiary/aromatic N) is 3. The number of alkyl halides is 6. The highest BCUT2D eigenvalue weighted by Crippen LogP contribution is 2.55. The summed E-state index contributed by atoms with van der Waals surface area (Å²) in [7, 11) is 0. The van der Waals surface area contributed by atoms with Gasteiger partial charge in [0.05, 0.1) is 11.0 Å². The molecule has 1 saturated carbocycles. The number of carbonyl (C=O) groups excluding carboxylic acids is 1. The van der Waals surface area contributed by atoms with Crippen LogP contribution in [-0.4, -0.2) is 45.8 Å². The maximum absolute atomic E-state index is 13.2. The van der Waals surface area contributed by atoms with Gasteiger partial charge in [0.1, 0.15) is 12.4 Å². The molecule has 10 heteroatoms. The van der Waals surface area contributed by atoms with Crippen LogP contribution in [0.3, 0.4) is 0 Å². The number of para-hydroxylation sites is 2. The van der Waals surface area contributed by atoms with E-state index < -0.39 is 43.2 Å². The zero-order chi connectivity index (χ0) is 20.3. The third kappa shape index (κ3) is 2.93. The fourth-order valence-corrected chi connectivity index (χ4v) is 3.79. The summed E-state index contributed by atoms with van der Waals surface area (Å²) in [6.45, 7) is -2.30. The fourth-order valence-electron chi connectivity index (χ4n) is 3.79. The third-order valence-electron chi connectivity index (χ3n) is 5.63. The Kier molecular flexibility index (Phi) is 4.17. The minimum Gasteiger partial charge on any atom is -0.340 e. The van der Waals surface area contributed by atoms with E-state index in [4.69, 9.17) is 0 Å². The van der Waals surface area contributed by atoms with Gasteiger partial charge in [-0.1, -0.05) is 12.1 Å². The minimum atomic E-state index is -5.47. The summed E-state index contributed by atoms with van der Waals surface area (Å²) in [6, 6.07) is 7.02. The van der Waals surface area contributed by atoms with Crippen molar-refractivity contribution >= 4 is 16.9 Å². The Balaban J connectivity index is 1.61. The topological polar surface area (TPSA) is 38.1 Å². The number of imidazole rings is 1. The van der Waals surface area contributed by atoms with E-state index in [-0.39, 0.29) is 12.5 Å². The standard InChI is InChI=1S/C18H17F6N3O/c19-17(20,21)16(18(22,23)24)7-8-26(10-16)14(28)9-27-13-4-2-1-3-12(13)25-15(27)11-5-6-11/h1-4,11H,5-10H2. The summed E-state index contributed by atoms with van der Waals surface area (Å²) in [4.78, 5) is 17.8. The lowest BCUT2D eigenvalue weighted by Gasteiger charge is -2.33. The average Bonchev–Trinajstić information content (AvgIpc) is 3.20. The van der Waals surface area contributed by atoms with E-state index in [1.807, 2.05) is 0 Å². The van der Waals surface area contributed by atoms with Crippen LogP contribution < -0.4 is 0 Å². The van der Waals surface area contributed by atoms with Crippen LogP contribution in [0.15, 0.2) is 24.3 Å². The highest BCUT2D eigenvalue weighted by atomic mass is 19.4. The van der Waals surface area contributed by atoms with Gasteiger partial charge in [-0.3, -0.25) is 4.79 Å². The van der Waals surface area contributed by atoms with Crippen molar-refractivity contribution < 1.29 is 31.1 Å². The average molecular weight is 405 g/mol. The van der Waals surface area contributed by atoms with Crippen LogP contribution in [0.2, 0.25) is 0 Å². The van der Waals surface area contributed by atoms with Crippen molar-refractivity contribution in [1.82, 2.24) is 14.5 Å². The number of carbonyl (C=O) groups is 1. The number of benzene rings is 1. The lowest BCUT2D eigenvalue weighted by Crippen LogP contribution is -2.52. The predicted molar refractivity (Wildman–Crippen MR) is 87.4 cm³/mol. The normalized spacial score (nSPS) is 20.1. The number of halogens is 6. The van der Waals surface area contributed by atoms with E-state index in [9.17, 15) is 31.1 Å². The smallest absolute Gasteiger partial charge is 0.340 e. The SMILES string of the molecule is O=C(Cn1c(C2CC2)nc2ccccc21)N1CCC(C(F)(F)F)(C(F)(F)F)C1. The molecule has 28 heavy (non-hydrogen) atoms. The third-order valence-corrected chi connectivity index (χ3v) is 5.63. The number of amides is 1. The highest BCUT2D eigenvalue weighted by Gasteiger charge is 2.72. The maximum Gasteiger partial charge on any atom is 0.404 e. The zero-order valence-corrected chi connectivity index (χ0v) is 14.6. The molecule has 1 amide bonds. The van der Waals surface area contributed by atoms with Crippen LogP contribution in [0.4, 0.5) is 26.3 Å². The molecule has 0 atom stereocenters. The number of hydrogen-bond donors (Lipinski definition) is 0. The van der Waals surface area contributed by atoms with Gasteiger partial charge in [-0.15, -0.1) is 0 Å². The summed E-state index contributed by atoms with van der Waals surface area (Å²) in [5.74, 6) is 0.0651. The molecular weight excluding hydrogens is 388 g/mol. The second-order valence-electron chi connectivity index (χ2n) is 7.46. The molecule has 2 heterocycles. The van der Waals surface area contributed by atoms with Crippen LogP contribution in [0.5, 0.6) is 0 Å². The highest BCUT2D eigenvalue weighted by molar-refractivity contribution is 5.81. The predicted octanol–water partition coefficient (Wildman–Crippen LogP) is 4.26. The van der Waals surface area contributed by atoms with Gasteiger partial charge in [0.2, 0.25) is 5.91 Å². The first kappa shape index (κ1) is 19.1. The lowest BCUT2D eigenvalue weighted by atomic mass is 9.85. The van der Waals surface area contributed by atoms with Crippen molar-refractivity contribution in [3.05, 3.63) is 30.1 Å². The number of fused-ring (bicyclic) bond motifs is 1. The molecule has 4 rings (SSSR count). The largest absolute Gasteiger partial charge is 0.404 e. The van der Waals surface area contributed by atoms with Crippen molar-refractivity contribution in [2.75, 3.05) is 13.1 Å². The Labute approximate surface area is 156 Å². The number of rotatable bonds is 3. The molecule has 2 aromatic rings. The Morgan fingerprint density at radius 1 is 1.11 bits per heavy atom. The molecule has 152 valence electrons. The molecule has 0 N–H and O–H groups in total. The first-order valence-corrected chi connectivity index (χ1v) is 8.90. The molecule has 4 nitrogen and oxygen atoms in total. The van der Waals surface area contributed by atoms with Crippen LogP contribution in [0, 0.1) is 5.41 Å². The van der Waals surface area contributed by atoms with Crippen LogP contribution in [-0.2, 0) is 11.3 Å². The second kappa shape index (κ2) is 6.12. The molecule has 2 fully saturated rings. The summed E-state index contributed by atoms with van der Waals surface area (Å²) in [6.07, 6.45) is -10.3. The van der Waals surface area contributed by atoms with E-state index >= 15 is 0 Å². The second-order valence-corrected chi connectivity index (χ2v) is 7.46. The molecule has 0 radical (unpaired) electrons. The van der Waals surface area contributed by atoms with Gasteiger partial charge in [-0.2, -0.15) is 26.3 Å². The molecule has 0 unspecified atom stereocenters. The van der Waals surface area contributed by atoms with Gasteiger partial charge < -0.3 is 9.47 Å². The minimum absolute atomic E-state index is 0.170. The van der Waals surface area contributed by atoms with Gasteiger partial charge in [0, 0.05) is 19.0 Å². The molecule has 1 aromatic heterocycles. The molecule has 1 aliphatic heterocycles. The Bertz CT molecular complexity index is 898. The van der Waals surface area contributed by atoms with Crippen molar-refractivity contribution in [2.24, 2.45) is 5.41 Å². The molecule has 1 aliphatic carbocycles. The van der Waals surface area contributed by atoms with Gasteiger partial charge in [-0.05, 0) is 31.4 Å². The molecule has 1 aromatic carbocycles. The first-order chi connectivity index (χ1) is 13.0. The number of hydrogen-bond acceptors (Lipinski definition) is 2. The zero-order valence-electron chi connectivity index (χ0n) is 14.6. The van der Waals surface area contributed by atoms with Gasteiger partial charge >= 0.3 is 12.4 Å². The van der Waals surface area contributed by atoms with Crippen molar-refractivity contribution in [3.63, 3.8) is 0 Å². The van der Waals surface area contributed by atoms with E-state index in [0.717, 1.165) is 12.8 Å². The monoisotopic (exact) mass is 405 g/mol. The first-order valence-electron chi connectivity index (χ1n) is 8.90.